The Morgan fingerprint density at radius 3 is 2.11 bits per heavy atom. The van der Waals surface area contributed by atoms with E-state index in [2.05, 4.69) is 10.6 Å². The van der Waals surface area contributed by atoms with Crippen molar-refractivity contribution in [1.82, 2.24) is 10.6 Å². The third kappa shape index (κ3) is 2.09. The Morgan fingerprint density at radius 1 is 1.05 bits per heavy atom. The van der Waals surface area contributed by atoms with Gasteiger partial charge in [-0.25, -0.2) is 0 Å². The zero-order valence-corrected chi connectivity index (χ0v) is 11.4. The van der Waals surface area contributed by atoms with Gasteiger partial charge in [0.2, 0.25) is 5.91 Å². The Bertz CT molecular complexity index is 360. The van der Waals surface area contributed by atoms with Gasteiger partial charge in [0.1, 0.15) is 0 Å². The summed E-state index contributed by atoms with van der Waals surface area (Å²) in [4.78, 5) is 12.4. The maximum absolute atomic E-state index is 12.4. The Labute approximate surface area is 114 Å². The number of hydrogen-bond donors (Lipinski definition) is 3. The van der Waals surface area contributed by atoms with Gasteiger partial charge in [-0.3, -0.25) is 4.79 Å². The molecule has 0 radical (unpaired) electrons. The van der Waals surface area contributed by atoms with Crippen LogP contribution in [0.1, 0.15) is 44.9 Å². The van der Waals surface area contributed by atoms with Crippen molar-refractivity contribution in [3.63, 3.8) is 0 Å². The van der Waals surface area contributed by atoms with Gasteiger partial charge >= 0.3 is 0 Å². The van der Waals surface area contributed by atoms with Crippen LogP contribution in [-0.2, 0) is 4.79 Å². The van der Waals surface area contributed by atoms with E-state index in [9.17, 15) is 9.90 Å². The first-order valence-electron chi connectivity index (χ1n) is 7.85. The maximum atomic E-state index is 12.4. The SMILES string of the molecule is O=C(NC12CC3CC(CC(C3)C1)C2)[C@H]1C[C@@H](O)CN1. The lowest BCUT2D eigenvalue weighted by Crippen LogP contribution is -2.61. The summed E-state index contributed by atoms with van der Waals surface area (Å²) >= 11 is 0. The second-order valence-corrected chi connectivity index (χ2v) is 7.54. The Morgan fingerprint density at radius 2 is 1.63 bits per heavy atom. The van der Waals surface area contributed by atoms with Crippen molar-refractivity contribution in [3.8, 4) is 0 Å². The predicted molar refractivity (Wildman–Crippen MR) is 71.5 cm³/mol. The first-order chi connectivity index (χ1) is 9.12. The molecule has 0 aromatic heterocycles. The number of carbonyl (C=O) groups excluding carboxylic acids is 1. The molecule has 5 rings (SSSR count). The minimum absolute atomic E-state index is 0.0983. The van der Waals surface area contributed by atoms with Gasteiger partial charge in [-0.05, 0) is 62.7 Å². The van der Waals surface area contributed by atoms with Gasteiger partial charge in [0.05, 0.1) is 12.1 Å². The third-order valence-corrected chi connectivity index (χ3v) is 5.85. The van der Waals surface area contributed by atoms with Crippen LogP contribution in [0.3, 0.4) is 0 Å². The molecule has 2 atom stereocenters. The summed E-state index contributed by atoms with van der Waals surface area (Å²) < 4.78 is 0. The van der Waals surface area contributed by atoms with E-state index >= 15 is 0 Å². The molecule has 1 amide bonds. The maximum Gasteiger partial charge on any atom is 0.237 e. The highest BCUT2D eigenvalue weighted by molar-refractivity contribution is 5.83. The van der Waals surface area contributed by atoms with Gasteiger partial charge in [-0.15, -0.1) is 0 Å². The van der Waals surface area contributed by atoms with Gasteiger partial charge in [-0.1, -0.05) is 0 Å². The fourth-order valence-electron chi connectivity index (χ4n) is 5.53. The van der Waals surface area contributed by atoms with E-state index in [0.717, 1.165) is 17.8 Å². The number of amides is 1. The minimum Gasteiger partial charge on any atom is -0.392 e. The zero-order valence-electron chi connectivity index (χ0n) is 11.4. The molecule has 0 spiro atoms. The molecule has 5 fully saturated rings. The van der Waals surface area contributed by atoms with Gasteiger partial charge in [0, 0.05) is 12.1 Å². The summed E-state index contributed by atoms with van der Waals surface area (Å²) in [5.41, 5.74) is 0.0983. The van der Waals surface area contributed by atoms with E-state index < -0.39 is 0 Å². The summed E-state index contributed by atoms with van der Waals surface area (Å²) in [5, 5.41) is 16.0. The molecule has 0 unspecified atom stereocenters. The second-order valence-electron chi connectivity index (χ2n) is 7.54. The molecule has 4 nitrogen and oxygen atoms in total. The second kappa shape index (κ2) is 4.19. The molecule has 4 saturated carbocycles. The van der Waals surface area contributed by atoms with E-state index in [4.69, 9.17) is 0 Å². The number of β-amino-alcohol motifs (C(OH)–C–C–N with tert-alkyl or cyclic N) is 1. The molecule has 3 N–H and O–H groups in total. The number of aliphatic hydroxyl groups excluding tert-OH is 1. The van der Waals surface area contributed by atoms with Crippen LogP contribution in [0, 0.1) is 17.8 Å². The number of carbonyl (C=O) groups is 1. The molecule has 1 heterocycles. The van der Waals surface area contributed by atoms with Crippen LogP contribution in [0.5, 0.6) is 0 Å². The summed E-state index contributed by atoms with van der Waals surface area (Å²) in [6.07, 6.45) is 7.99. The van der Waals surface area contributed by atoms with E-state index in [1.807, 2.05) is 0 Å². The number of nitrogens with one attached hydrogen (secondary N) is 2. The summed E-state index contributed by atoms with van der Waals surface area (Å²) in [7, 11) is 0. The van der Waals surface area contributed by atoms with Crippen molar-refractivity contribution in [1.29, 1.82) is 0 Å². The van der Waals surface area contributed by atoms with Crippen molar-refractivity contribution >= 4 is 5.91 Å². The molecular weight excluding hydrogens is 240 g/mol. The fraction of sp³-hybridized carbons (Fsp3) is 0.933. The smallest absolute Gasteiger partial charge is 0.237 e. The van der Waals surface area contributed by atoms with Crippen molar-refractivity contribution < 1.29 is 9.90 Å². The normalized spacial score (nSPS) is 51.5. The van der Waals surface area contributed by atoms with E-state index in [1.165, 1.54) is 38.5 Å². The highest BCUT2D eigenvalue weighted by atomic mass is 16.3. The average Bonchev–Trinajstić information content (AvgIpc) is 2.73. The molecule has 0 aromatic carbocycles. The topological polar surface area (TPSA) is 61.4 Å². The van der Waals surface area contributed by atoms with Crippen LogP contribution in [0.15, 0.2) is 0 Å². The monoisotopic (exact) mass is 264 g/mol. The lowest BCUT2D eigenvalue weighted by Gasteiger charge is -2.57. The molecule has 1 saturated heterocycles. The Hall–Kier alpha value is -0.610. The summed E-state index contributed by atoms with van der Waals surface area (Å²) in [6.45, 7) is 0.555. The Kier molecular flexibility index (Phi) is 2.68. The molecule has 4 bridgehead atoms. The third-order valence-electron chi connectivity index (χ3n) is 5.85. The molecular formula is C15H24N2O2. The molecule has 0 aromatic rings. The van der Waals surface area contributed by atoms with Gasteiger partial charge in [0.25, 0.3) is 0 Å². The highest BCUT2D eigenvalue weighted by Crippen LogP contribution is 2.55. The lowest BCUT2D eigenvalue weighted by atomic mass is 9.53. The van der Waals surface area contributed by atoms with Crippen LogP contribution < -0.4 is 10.6 Å². The van der Waals surface area contributed by atoms with Gasteiger partial charge in [-0.2, -0.15) is 0 Å². The first-order valence-corrected chi connectivity index (χ1v) is 7.85. The zero-order chi connectivity index (χ0) is 13.0. The van der Waals surface area contributed by atoms with E-state index in [0.29, 0.717) is 13.0 Å². The van der Waals surface area contributed by atoms with E-state index in [-0.39, 0.29) is 23.6 Å². The number of hydrogen-bond acceptors (Lipinski definition) is 3. The summed E-state index contributed by atoms with van der Waals surface area (Å²) in [5.74, 6) is 2.69. The van der Waals surface area contributed by atoms with E-state index in [1.54, 1.807) is 0 Å². The highest BCUT2D eigenvalue weighted by Gasteiger charge is 2.52. The van der Waals surface area contributed by atoms with Gasteiger partial charge in [0.15, 0.2) is 0 Å². The quantitative estimate of drug-likeness (QED) is 0.691. The molecule has 4 heteroatoms. The predicted octanol–water partition coefficient (Wildman–Crippen LogP) is 0.794. The van der Waals surface area contributed by atoms with Gasteiger partial charge < -0.3 is 15.7 Å². The van der Waals surface area contributed by atoms with Crippen molar-refractivity contribution in [2.45, 2.75) is 62.6 Å². The standard InChI is InChI=1S/C15H24N2O2/c18-12-4-13(16-8-12)14(19)17-15-5-9-1-10(6-15)3-11(2-9)7-15/h9-13,16,18H,1-8H2,(H,17,19)/t9?,10?,11?,12-,13-,15?/m1/s1. The molecule has 4 aliphatic carbocycles. The lowest BCUT2D eigenvalue weighted by molar-refractivity contribution is -0.128. The van der Waals surface area contributed by atoms with Crippen molar-refractivity contribution in [2.75, 3.05) is 6.54 Å². The van der Waals surface area contributed by atoms with Crippen LogP contribution in [0.2, 0.25) is 0 Å². The van der Waals surface area contributed by atoms with Crippen molar-refractivity contribution in [2.24, 2.45) is 17.8 Å². The molecule has 19 heavy (non-hydrogen) atoms. The average molecular weight is 264 g/mol. The van der Waals surface area contributed by atoms with Crippen LogP contribution in [0.4, 0.5) is 0 Å². The summed E-state index contributed by atoms with van der Waals surface area (Å²) in [6, 6.07) is -0.178. The van der Waals surface area contributed by atoms with Crippen molar-refractivity contribution in [3.05, 3.63) is 0 Å². The molecule has 1 aliphatic heterocycles. The molecule has 5 aliphatic rings. The Balaban J connectivity index is 1.46. The minimum atomic E-state index is -0.355. The fourth-order valence-corrected chi connectivity index (χ4v) is 5.53. The van der Waals surface area contributed by atoms with Crippen LogP contribution >= 0.6 is 0 Å². The van der Waals surface area contributed by atoms with Crippen LogP contribution in [-0.4, -0.2) is 35.2 Å². The first kappa shape index (κ1) is 12.2. The number of rotatable bonds is 2. The largest absolute Gasteiger partial charge is 0.392 e. The van der Waals surface area contributed by atoms with Crippen LogP contribution in [0.25, 0.3) is 0 Å². The number of aliphatic hydroxyl groups is 1. The molecule has 106 valence electrons.